The van der Waals surface area contributed by atoms with Crippen molar-refractivity contribution in [1.82, 2.24) is 0 Å². The quantitative estimate of drug-likeness (QED) is 0.159. The van der Waals surface area contributed by atoms with E-state index in [-0.39, 0.29) is 5.41 Å². The standard InChI is InChI=1S/C64H45NO/c1-63(2)56-23-11-6-19-50(56)53-38-37-48(41-59(53)63)65(60-26-14-9-18-49(60)44-16-4-3-5-17-44)47-35-30-43(31-36-47)42-28-32-45(33-29-42)64(57-24-12-7-20-51(57)52-21-8-13-25-58(52)64)46-34-39-62-55(40-46)54-22-10-15-27-61(54)66-62/h3-41H,1-2H3. The minimum Gasteiger partial charge on any atom is -0.456 e. The minimum atomic E-state index is -0.527. The van der Waals surface area contributed by atoms with Crippen molar-refractivity contribution in [3.8, 4) is 44.5 Å². The second-order valence-electron chi connectivity index (χ2n) is 18.4. The summed E-state index contributed by atoms with van der Waals surface area (Å²) in [5.74, 6) is 0. The molecule has 0 saturated heterocycles. The van der Waals surface area contributed by atoms with E-state index in [1.165, 1.54) is 77.9 Å². The molecule has 312 valence electrons. The molecule has 0 unspecified atom stereocenters. The Bertz CT molecular complexity index is 3620. The highest BCUT2D eigenvalue weighted by Crippen LogP contribution is 2.57. The zero-order valence-corrected chi connectivity index (χ0v) is 36.9. The van der Waals surface area contributed by atoms with E-state index >= 15 is 0 Å². The summed E-state index contributed by atoms with van der Waals surface area (Å²) in [6, 6.07) is 87.0. The van der Waals surface area contributed by atoms with E-state index in [1.54, 1.807) is 0 Å². The molecule has 0 aliphatic heterocycles. The summed E-state index contributed by atoms with van der Waals surface area (Å²) in [7, 11) is 0. The molecule has 10 aromatic carbocycles. The summed E-state index contributed by atoms with van der Waals surface area (Å²) in [6.45, 7) is 4.71. The molecule has 2 nitrogen and oxygen atoms in total. The lowest BCUT2D eigenvalue weighted by atomic mass is 9.67. The van der Waals surface area contributed by atoms with Gasteiger partial charge in [0.15, 0.2) is 0 Å². The average molecular weight is 844 g/mol. The van der Waals surface area contributed by atoms with Crippen LogP contribution in [0.3, 0.4) is 0 Å². The highest BCUT2D eigenvalue weighted by Gasteiger charge is 2.46. The maximum absolute atomic E-state index is 6.35. The van der Waals surface area contributed by atoms with Crippen LogP contribution in [-0.2, 0) is 10.8 Å². The number of hydrogen-bond donors (Lipinski definition) is 0. The zero-order valence-electron chi connectivity index (χ0n) is 36.9. The van der Waals surface area contributed by atoms with Crippen molar-refractivity contribution in [3.05, 3.63) is 270 Å². The summed E-state index contributed by atoms with van der Waals surface area (Å²) in [5, 5.41) is 2.27. The van der Waals surface area contributed by atoms with E-state index in [9.17, 15) is 0 Å². The van der Waals surface area contributed by atoms with E-state index in [0.717, 1.165) is 39.0 Å². The van der Waals surface area contributed by atoms with Gasteiger partial charge >= 0.3 is 0 Å². The van der Waals surface area contributed by atoms with Crippen LogP contribution in [0.25, 0.3) is 66.4 Å². The van der Waals surface area contributed by atoms with E-state index in [4.69, 9.17) is 4.42 Å². The fourth-order valence-corrected chi connectivity index (χ4v) is 11.5. The SMILES string of the molecule is CC1(C)c2ccccc2-c2ccc(N(c3ccc(-c4ccc(C5(c6ccc7oc8ccccc8c7c6)c6ccccc6-c6ccccc65)cc4)cc3)c3ccccc3-c3ccccc3)cc21. The number of anilines is 3. The van der Waals surface area contributed by atoms with Crippen molar-refractivity contribution < 1.29 is 4.42 Å². The summed E-state index contributed by atoms with van der Waals surface area (Å²) >= 11 is 0. The smallest absolute Gasteiger partial charge is 0.135 e. The monoisotopic (exact) mass is 843 g/mol. The van der Waals surface area contributed by atoms with Gasteiger partial charge in [0.1, 0.15) is 11.2 Å². The van der Waals surface area contributed by atoms with Gasteiger partial charge < -0.3 is 9.32 Å². The molecule has 0 radical (unpaired) electrons. The molecule has 66 heavy (non-hydrogen) atoms. The molecule has 13 rings (SSSR count). The second-order valence-corrected chi connectivity index (χ2v) is 18.4. The Kier molecular flexibility index (Phi) is 8.51. The number of fused-ring (bicyclic) bond motifs is 9. The molecule has 2 aliphatic carbocycles. The van der Waals surface area contributed by atoms with Crippen LogP contribution < -0.4 is 4.90 Å². The molecule has 0 spiro atoms. The molecule has 2 aliphatic rings. The molecule has 2 heteroatoms. The van der Waals surface area contributed by atoms with Crippen molar-refractivity contribution >= 4 is 39.0 Å². The molecule has 0 N–H and O–H groups in total. The highest BCUT2D eigenvalue weighted by molar-refractivity contribution is 6.05. The number of furan rings is 1. The molecule has 1 aromatic heterocycles. The van der Waals surface area contributed by atoms with Crippen LogP contribution >= 0.6 is 0 Å². The Morgan fingerprint density at radius 3 is 1.56 bits per heavy atom. The second kappa shape index (κ2) is 14.7. The number of rotatable bonds is 7. The molecule has 0 fully saturated rings. The number of nitrogens with zero attached hydrogens (tertiary/aromatic N) is 1. The van der Waals surface area contributed by atoms with Crippen LogP contribution in [-0.4, -0.2) is 0 Å². The van der Waals surface area contributed by atoms with Gasteiger partial charge in [-0.05, 0) is 121 Å². The van der Waals surface area contributed by atoms with Crippen LogP contribution in [0.15, 0.2) is 241 Å². The lowest BCUT2D eigenvalue weighted by Gasteiger charge is -2.34. The highest BCUT2D eigenvalue weighted by atomic mass is 16.3. The van der Waals surface area contributed by atoms with E-state index in [1.807, 2.05) is 6.07 Å². The van der Waals surface area contributed by atoms with Crippen molar-refractivity contribution in [1.29, 1.82) is 0 Å². The Labute approximate surface area is 385 Å². The maximum Gasteiger partial charge on any atom is 0.135 e. The van der Waals surface area contributed by atoms with Crippen LogP contribution in [0.2, 0.25) is 0 Å². The summed E-state index contributed by atoms with van der Waals surface area (Å²) < 4.78 is 6.35. The summed E-state index contributed by atoms with van der Waals surface area (Å²) in [5.41, 5.74) is 22.2. The third-order valence-electron chi connectivity index (χ3n) is 14.6. The largest absolute Gasteiger partial charge is 0.456 e. The van der Waals surface area contributed by atoms with Gasteiger partial charge in [-0.3, -0.25) is 0 Å². The first-order chi connectivity index (χ1) is 32.5. The molecule has 11 aromatic rings. The summed E-state index contributed by atoms with van der Waals surface area (Å²) in [6.07, 6.45) is 0. The van der Waals surface area contributed by atoms with Crippen LogP contribution in [0.4, 0.5) is 17.1 Å². The van der Waals surface area contributed by atoms with Crippen LogP contribution in [0, 0.1) is 0 Å². The Morgan fingerprint density at radius 2 is 0.848 bits per heavy atom. The van der Waals surface area contributed by atoms with Gasteiger partial charge in [0, 0.05) is 33.1 Å². The van der Waals surface area contributed by atoms with Gasteiger partial charge in [0.2, 0.25) is 0 Å². The van der Waals surface area contributed by atoms with Gasteiger partial charge in [-0.25, -0.2) is 0 Å². The third-order valence-corrected chi connectivity index (χ3v) is 14.6. The van der Waals surface area contributed by atoms with Crippen molar-refractivity contribution in [2.24, 2.45) is 0 Å². The normalized spacial score (nSPS) is 13.8. The number of para-hydroxylation sites is 2. The number of benzene rings is 10. The lowest BCUT2D eigenvalue weighted by Crippen LogP contribution is -2.28. The van der Waals surface area contributed by atoms with Gasteiger partial charge in [0.25, 0.3) is 0 Å². The average Bonchev–Trinajstić information content (AvgIpc) is 3.98. The van der Waals surface area contributed by atoms with E-state index in [0.29, 0.717) is 0 Å². The zero-order chi connectivity index (χ0) is 44.0. The third kappa shape index (κ3) is 5.61. The molecular weight excluding hydrogens is 799 g/mol. The fraction of sp³-hybridized carbons (Fsp3) is 0.0625. The van der Waals surface area contributed by atoms with Crippen molar-refractivity contribution in [2.45, 2.75) is 24.7 Å². The molecule has 0 atom stereocenters. The maximum atomic E-state index is 6.35. The first-order valence-corrected chi connectivity index (χ1v) is 23.0. The Balaban J connectivity index is 0.929. The van der Waals surface area contributed by atoms with Gasteiger partial charge in [-0.15, -0.1) is 0 Å². The summed E-state index contributed by atoms with van der Waals surface area (Å²) in [4.78, 5) is 2.44. The van der Waals surface area contributed by atoms with E-state index < -0.39 is 5.41 Å². The first-order valence-electron chi connectivity index (χ1n) is 23.0. The first kappa shape index (κ1) is 38.3. The van der Waals surface area contributed by atoms with Crippen LogP contribution in [0.5, 0.6) is 0 Å². The topological polar surface area (TPSA) is 16.4 Å². The molecule has 1 heterocycles. The predicted molar refractivity (Wildman–Crippen MR) is 274 cm³/mol. The molecule has 0 saturated carbocycles. The molecule has 0 bridgehead atoms. The van der Waals surface area contributed by atoms with Gasteiger partial charge in [-0.2, -0.15) is 0 Å². The Hall–Kier alpha value is -8.20. The molecular formula is C64H45NO. The lowest BCUT2D eigenvalue weighted by molar-refractivity contribution is 0.660. The van der Waals surface area contributed by atoms with Gasteiger partial charge in [0.05, 0.1) is 11.1 Å². The fourth-order valence-electron chi connectivity index (χ4n) is 11.5. The van der Waals surface area contributed by atoms with Crippen LogP contribution in [0.1, 0.15) is 47.2 Å². The van der Waals surface area contributed by atoms with Gasteiger partial charge in [-0.1, -0.05) is 202 Å². The molecule has 0 amide bonds. The van der Waals surface area contributed by atoms with E-state index in [2.05, 4.69) is 249 Å². The Morgan fingerprint density at radius 1 is 0.333 bits per heavy atom. The van der Waals surface area contributed by atoms with Crippen molar-refractivity contribution in [3.63, 3.8) is 0 Å². The van der Waals surface area contributed by atoms with Crippen molar-refractivity contribution in [2.75, 3.05) is 4.90 Å². The minimum absolute atomic E-state index is 0.121. The predicted octanol–water partition coefficient (Wildman–Crippen LogP) is 17.1. The number of hydrogen-bond acceptors (Lipinski definition) is 2.